The first kappa shape index (κ1) is 24.6. The summed E-state index contributed by atoms with van der Waals surface area (Å²) in [5.41, 5.74) is 2.63. The lowest BCUT2D eigenvalue weighted by molar-refractivity contribution is -0.164. The van der Waals surface area contributed by atoms with Crippen LogP contribution in [0.1, 0.15) is 140 Å². The van der Waals surface area contributed by atoms with Crippen LogP contribution in [0, 0.1) is 50.7 Å². The highest BCUT2D eigenvalue weighted by molar-refractivity contribution is 5.15. The second-order valence-electron chi connectivity index (χ2n) is 14.8. The van der Waals surface area contributed by atoms with E-state index in [9.17, 15) is 0 Å². The van der Waals surface area contributed by atoms with Crippen molar-refractivity contribution in [1.29, 1.82) is 0 Å². The van der Waals surface area contributed by atoms with E-state index in [-0.39, 0.29) is 0 Å². The SMILES string of the molecule is CC1CCC(C)(C2(C)CCC3(C)C(C(C)CCCC(C)(C)C)CCC3(C)C2C)CC1. The van der Waals surface area contributed by atoms with Gasteiger partial charge in [-0.2, -0.15) is 0 Å². The third-order valence-corrected chi connectivity index (χ3v) is 12.2. The quantitative estimate of drug-likeness (QED) is 0.418. The molecule has 6 unspecified atom stereocenters. The summed E-state index contributed by atoms with van der Waals surface area (Å²) >= 11 is 0. The monoisotopic (exact) mass is 416 g/mol. The minimum atomic E-state index is 0.488. The highest BCUT2D eigenvalue weighted by atomic mass is 14.7. The Bertz CT molecular complexity index is 588. The molecule has 3 saturated carbocycles. The predicted molar refractivity (Wildman–Crippen MR) is 134 cm³/mol. The molecule has 0 heterocycles. The first-order valence-corrected chi connectivity index (χ1v) is 13.7. The molecule has 3 aliphatic rings. The number of fused-ring (bicyclic) bond motifs is 1. The maximum Gasteiger partial charge on any atom is -0.0238 e. The van der Waals surface area contributed by atoms with Gasteiger partial charge >= 0.3 is 0 Å². The highest BCUT2D eigenvalue weighted by Crippen LogP contribution is 2.74. The van der Waals surface area contributed by atoms with E-state index in [0.717, 1.165) is 23.7 Å². The fourth-order valence-electron chi connectivity index (χ4n) is 8.97. The van der Waals surface area contributed by atoms with E-state index in [4.69, 9.17) is 0 Å². The normalized spacial score (nSPS) is 48.4. The van der Waals surface area contributed by atoms with Crippen molar-refractivity contribution in [2.45, 2.75) is 140 Å². The third kappa shape index (κ3) is 3.94. The summed E-state index contributed by atoms with van der Waals surface area (Å²) in [6.07, 6.45) is 16.0. The zero-order valence-corrected chi connectivity index (χ0v) is 22.6. The molecule has 0 aromatic rings. The molecule has 0 nitrogen and oxygen atoms in total. The van der Waals surface area contributed by atoms with E-state index in [2.05, 4.69) is 69.2 Å². The summed E-state index contributed by atoms with van der Waals surface area (Å²) in [5.74, 6) is 3.62. The Hall–Kier alpha value is 0. The minimum Gasteiger partial charge on any atom is -0.0625 e. The average Bonchev–Trinajstić information content (AvgIpc) is 2.93. The van der Waals surface area contributed by atoms with Crippen LogP contribution in [0.2, 0.25) is 0 Å². The van der Waals surface area contributed by atoms with Crippen molar-refractivity contribution < 1.29 is 0 Å². The van der Waals surface area contributed by atoms with Crippen LogP contribution in [0.3, 0.4) is 0 Å². The van der Waals surface area contributed by atoms with Gasteiger partial charge in [0, 0.05) is 0 Å². The molecule has 0 heteroatoms. The number of rotatable bonds is 5. The van der Waals surface area contributed by atoms with Crippen molar-refractivity contribution in [3.05, 3.63) is 0 Å². The Labute approximate surface area is 190 Å². The molecule has 0 aromatic carbocycles. The summed E-state index contributed by atoms with van der Waals surface area (Å²) in [7, 11) is 0. The van der Waals surface area contributed by atoms with E-state index < -0.39 is 0 Å². The van der Waals surface area contributed by atoms with Gasteiger partial charge in [-0.05, 0) is 95.7 Å². The van der Waals surface area contributed by atoms with E-state index in [0.29, 0.717) is 27.1 Å². The molecule has 0 radical (unpaired) electrons. The molecule has 6 atom stereocenters. The van der Waals surface area contributed by atoms with Crippen molar-refractivity contribution in [1.82, 2.24) is 0 Å². The molecule has 3 rings (SSSR count). The average molecular weight is 417 g/mol. The van der Waals surface area contributed by atoms with Gasteiger partial charge in [-0.1, -0.05) is 94.9 Å². The second kappa shape index (κ2) is 8.09. The van der Waals surface area contributed by atoms with E-state index in [1.54, 1.807) is 0 Å². The van der Waals surface area contributed by atoms with Gasteiger partial charge in [-0.3, -0.25) is 0 Å². The Balaban J connectivity index is 1.77. The fraction of sp³-hybridized carbons (Fsp3) is 1.00. The smallest absolute Gasteiger partial charge is 0.0238 e. The number of hydrogen-bond acceptors (Lipinski definition) is 0. The predicted octanol–water partition coefficient (Wildman–Crippen LogP) is 9.91. The van der Waals surface area contributed by atoms with Gasteiger partial charge in [-0.25, -0.2) is 0 Å². The number of hydrogen-bond donors (Lipinski definition) is 0. The maximum absolute atomic E-state index is 2.73. The first-order chi connectivity index (χ1) is 13.7. The molecule has 30 heavy (non-hydrogen) atoms. The van der Waals surface area contributed by atoms with Crippen molar-refractivity contribution in [2.75, 3.05) is 0 Å². The van der Waals surface area contributed by atoms with Gasteiger partial charge in [0.2, 0.25) is 0 Å². The van der Waals surface area contributed by atoms with Gasteiger partial charge in [-0.15, -0.1) is 0 Å². The standard InChI is InChI=1S/C30H56/c1-22-13-17-27(7,18-14-22)28(8)20-21-30(10)25(15-19-29(30,9)24(28)3)23(2)12-11-16-26(4,5)6/h22-25H,11-21H2,1-10H3. The molecule has 0 aromatic heterocycles. The van der Waals surface area contributed by atoms with Crippen LogP contribution in [0.15, 0.2) is 0 Å². The van der Waals surface area contributed by atoms with E-state index in [1.165, 1.54) is 70.6 Å². The zero-order chi connectivity index (χ0) is 22.6. The zero-order valence-electron chi connectivity index (χ0n) is 22.6. The Kier molecular flexibility index (Phi) is 6.65. The summed E-state index contributed by atoms with van der Waals surface area (Å²) in [6.45, 7) is 25.8. The summed E-state index contributed by atoms with van der Waals surface area (Å²) in [5, 5.41) is 0. The van der Waals surface area contributed by atoms with Gasteiger partial charge < -0.3 is 0 Å². The Morgan fingerprint density at radius 2 is 1.33 bits per heavy atom. The first-order valence-electron chi connectivity index (χ1n) is 13.7. The maximum atomic E-state index is 2.73. The van der Waals surface area contributed by atoms with Crippen LogP contribution < -0.4 is 0 Å². The van der Waals surface area contributed by atoms with Crippen LogP contribution in [0.5, 0.6) is 0 Å². The van der Waals surface area contributed by atoms with Crippen LogP contribution in [0.4, 0.5) is 0 Å². The highest BCUT2D eigenvalue weighted by Gasteiger charge is 2.66. The fourth-order valence-corrected chi connectivity index (χ4v) is 8.97. The molecule has 176 valence electrons. The summed E-state index contributed by atoms with van der Waals surface area (Å²) in [4.78, 5) is 0. The van der Waals surface area contributed by atoms with E-state index in [1.807, 2.05) is 0 Å². The lowest BCUT2D eigenvalue weighted by Crippen LogP contribution is -2.58. The summed E-state index contributed by atoms with van der Waals surface area (Å²) < 4.78 is 0. The van der Waals surface area contributed by atoms with Crippen LogP contribution in [-0.2, 0) is 0 Å². The topological polar surface area (TPSA) is 0 Å². The second-order valence-corrected chi connectivity index (χ2v) is 14.8. The van der Waals surface area contributed by atoms with Crippen LogP contribution >= 0.6 is 0 Å². The molecule has 0 spiro atoms. The van der Waals surface area contributed by atoms with Crippen molar-refractivity contribution in [3.8, 4) is 0 Å². The van der Waals surface area contributed by atoms with Crippen molar-refractivity contribution in [2.24, 2.45) is 50.7 Å². The van der Waals surface area contributed by atoms with Crippen LogP contribution in [0.25, 0.3) is 0 Å². The molecule has 0 amide bonds. The molecule has 3 aliphatic carbocycles. The third-order valence-electron chi connectivity index (χ3n) is 12.2. The molecule has 0 saturated heterocycles. The molecule has 0 bridgehead atoms. The molecular weight excluding hydrogens is 360 g/mol. The van der Waals surface area contributed by atoms with Crippen LogP contribution in [-0.4, -0.2) is 0 Å². The van der Waals surface area contributed by atoms with Crippen molar-refractivity contribution in [3.63, 3.8) is 0 Å². The lowest BCUT2D eigenvalue weighted by Gasteiger charge is -2.65. The molecule has 0 aliphatic heterocycles. The van der Waals surface area contributed by atoms with Gasteiger partial charge in [0.25, 0.3) is 0 Å². The Morgan fingerprint density at radius 3 is 1.90 bits per heavy atom. The minimum absolute atomic E-state index is 0.488. The van der Waals surface area contributed by atoms with Crippen molar-refractivity contribution >= 4 is 0 Å². The van der Waals surface area contributed by atoms with E-state index >= 15 is 0 Å². The molecule has 0 N–H and O–H groups in total. The molecular formula is C30H56. The van der Waals surface area contributed by atoms with Gasteiger partial charge in [0.1, 0.15) is 0 Å². The lowest BCUT2D eigenvalue weighted by atomic mass is 9.39. The summed E-state index contributed by atoms with van der Waals surface area (Å²) in [6, 6.07) is 0. The largest absolute Gasteiger partial charge is 0.0625 e. The molecule has 3 fully saturated rings. The van der Waals surface area contributed by atoms with Gasteiger partial charge in [0.15, 0.2) is 0 Å². The Morgan fingerprint density at radius 1 is 0.767 bits per heavy atom. The van der Waals surface area contributed by atoms with Gasteiger partial charge in [0.05, 0.1) is 0 Å².